The number of fused-ring (bicyclic) bond motifs is 1. The Bertz CT molecular complexity index is 1010. The van der Waals surface area contributed by atoms with E-state index in [1.54, 1.807) is 36.4 Å². The number of hydrogen-bond donors (Lipinski definition) is 2. The molecule has 152 valence electrons. The van der Waals surface area contributed by atoms with Crippen LogP contribution in [0.1, 0.15) is 36.8 Å². The molecule has 1 amide bonds. The molecule has 2 aromatic rings. The van der Waals surface area contributed by atoms with Crippen LogP contribution in [0.15, 0.2) is 42.5 Å². The molecule has 2 fully saturated rings. The summed E-state index contributed by atoms with van der Waals surface area (Å²) in [6.07, 6.45) is 4.38. The topological polar surface area (TPSA) is 88.7 Å². The van der Waals surface area contributed by atoms with Gasteiger partial charge in [-0.2, -0.15) is 10.5 Å². The van der Waals surface area contributed by atoms with E-state index < -0.39 is 11.9 Å². The van der Waals surface area contributed by atoms with Gasteiger partial charge in [-0.15, -0.1) is 0 Å². The molecular weight excluding hydrogens is 379 g/mol. The maximum Gasteiger partial charge on any atom is 0.238 e. The van der Waals surface area contributed by atoms with Crippen molar-refractivity contribution in [3.05, 3.63) is 59.4 Å². The van der Waals surface area contributed by atoms with E-state index in [-0.39, 0.29) is 18.4 Å². The van der Waals surface area contributed by atoms with E-state index in [4.69, 9.17) is 5.26 Å². The summed E-state index contributed by atoms with van der Waals surface area (Å²) in [6.45, 7) is 0. The minimum absolute atomic E-state index is 0.112. The fourth-order valence-electron chi connectivity index (χ4n) is 4.60. The Kier molecular flexibility index (Phi) is 5.79. The molecule has 1 saturated carbocycles. The molecule has 1 saturated heterocycles. The van der Waals surface area contributed by atoms with Gasteiger partial charge in [0, 0.05) is 12.5 Å². The van der Waals surface area contributed by atoms with Gasteiger partial charge >= 0.3 is 0 Å². The van der Waals surface area contributed by atoms with E-state index in [2.05, 4.69) is 22.8 Å². The fraction of sp³-hybridized carbons (Fsp3) is 0.375. The maximum absolute atomic E-state index is 14.7. The zero-order valence-corrected chi connectivity index (χ0v) is 16.6. The average molecular weight is 402 g/mol. The molecule has 0 unspecified atom stereocenters. The third kappa shape index (κ3) is 4.20. The van der Waals surface area contributed by atoms with Crippen LogP contribution in [0.4, 0.5) is 4.39 Å². The number of nitrogens with zero attached hydrogens (tertiary/aromatic N) is 2. The lowest BCUT2D eigenvalue weighted by molar-refractivity contribution is -0.123. The summed E-state index contributed by atoms with van der Waals surface area (Å²) < 4.78 is 14.7. The Morgan fingerprint density at radius 3 is 2.60 bits per heavy atom. The Hall–Kier alpha value is -3.22. The summed E-state index contributed by atoms with van der Waals surface area (Å²) >= 11 is 0. The molecule has 5 nitrogen and oxygen atoms in total. The van der Waals surface area contributed by atoms with Gasteiger partial charge in [0.05, 0.1) is 23.7 Å². The number of benzene rings is 2. The lowest BCUT2D eigenvalue weighted by Crippen LogP contribution is -2.46. The van der Waals surface area contributed by atoms with Gasteiger partial charge in [0.2, 0.25) is 5.91 Å². The number of carbonyl (C=O) groups excluding carboxylic acids is 1. The van der Waals surface area contributed by atoms with Crippen LogP contribution in [-0.4, -0.2) is 24.0 Å². The number of nitrogens with one attached hydrogen (secondary N) is 2. The molecule has 2 aliphatic rings. The molecular formula is C24H23FN4O. The van der Waals surface area contributed by atoms with Crippen molar-refractivity contribution < 1.29 is 9.18 Å². The van der Waals surface area contributed by atoms with Crippen LogP contribution < -0.4 is 10.6 Å². The first-order valence-corrected chi connectivity index (χ1v) is 10.3. The molecule has 4 rings (SSSR count). The Labute approximate surface area is 175 Å². The molecule has 0 aromatic heterocycles. The van der Waals surface area contributed by atoms with Gasteiger partial charge < -0.3 is 10.6 Å². The molecule has 30 heavy (non-hydrogen) atoms. The van der Waals surface area contributed by atoms with Crippen LogP contribution in [0.3, 0.4) is 0 Å². The minimum atomic E-state index is -0.782. The summed E-state index contributed by atoms with van der Waals surface area (Å²) in [7, 11) is 0. The first-order valence-electron chi connectivity index (χ1n) is 10.3. The summed E-state index contributed by atoms with van der Waals surface area (Å²) in [5.41, 5.74) is 2.43. The number of carbonyl (C=O) groups is 1. The minimum Gasteiger partial charge on any atom is -0.339 e. The van der Waals surface area contributed by atoms with Gasteiger partial charge in [-0.1, -0.05) is 30.7 Å². The summed E-state index contributed by atoms with van der Waals surface area (Å²) in [6, 6.07) is 15.3. The van der Waals surface area contributed by atoms with E-state index in [0.717, 1.165) is 24.8 Å². The van der Waals surface area contributed by atoms with Gasteiger partial charge in [0.15, 0.2) is 0 Å². The largest absolute Gasteiger partial charge is 0.339 e. The first kappa shape index (κ1) is 20.1. The zero-order chi connectivity index (χ0) is 21.1. The second kappa shape index (κ2) is 8.65. The van der Waals surface area contributed by atoms with Gasteiger partial charge in [0.1, 0.15) is 11.9 Å². The fourth-order valence-corrected chi connectivity index (χ4v) is 4.60. The molecule has 6 heteroatoms. The number of hydrogen-bond acceptors (Lipinski definition) is 4. The van der Waals surface area contributed by atoms with Crippen molar-refractivity contribution in [3.63, 3.8) is 0 Å². The van der Waals surface area contributed by atoms with Crippen molar-refractivity contribution in [2.45, 2.75) is 50.2 Å². The maximum atomic E-state index is 14.7. The molecule has 1 aliphatic heterocycles. The van der Waals surface area contributed by atoms with Crippen molar-refractivity contribution in [1.82, 2.24) is 10.6 Å². The SMILES string of the molecule is N#Cc1ccc(-c2ccc(C[C@@H](C#N)NC(=O)[C@@H]3C[C@@H]4CCC[C@@H]4N3)c(F)c2)cc1. The monoisotopic (exact) mass is 402 g/mol. The van der Waals surface area contributed by atoms with E-state index in [0.29, 0.717) is 28.7 Å². The van der Waals surface area contributed by atoms with Crippen LogP contribution in [-0.2, 0) is 11.2 Å². The second-order valence-corrected chi connectivity index (χ2v) is 8.14. The average Bonchev–Trinajstić information content (AvgIpc) is 3.37. The molecule has 1 heterocycles. The molecule has 0 spiro atoms. The van der Waals surface area contributed by atoms with Crippen LogP contribution >= 0.6 is 0 Å². The standard InChI is InChI=1S/C24H23FN4O/c25-21-11-17(16-6-4-15(13-26)5-7-16)8-9-18(21)10-20(14-27)28-24(30)23-12-19-2-1-3-22(19)29-23/h4-9,11,19-20,22-23,29H,1-3,10,12H2,(H,28,30)/t19-,20-,22-,23-/m0/s1. The Balaban J connectivity index is 1.40. The second-order valence-electron chi connectivity index (χ2n) is 8.14. The van der Waals surface area contributed by atoms with Gasteiger partial charge in [-0.05, 0) is 60.1 Å². The van der Waals surface area contributed by atoms with Crippen molar-refractivity contribution in [3.8, 4) is 23.3 Å². The lowest BCUT2D eigenvalue weighted by Gasteiger charge is -2.17. The lowest BCUT2D eigenvalue weighted by atomic mass is 9.99. The van der Waals surface area contributed by atoms with Crippen molar-refractivity contribution in [1.29, 1.82) is 10.5 Å². The predicted molar refractivity (Wildman–Crippen MR) is 110 cm³/mol. The van der Waals surface area contributed by atoms with Crippen molar-refractivity contribution in [2.75, 3.05) is 0 Å². The number of nitriles is 2. The van der Waals surface area contributed by atoms with E-state index in [1.807, 2.05) is 0 Å². The highest BCUT2D eigenvalue weighted by Crippen LogP contribution is 2.34. The Morgan fingerprint density at radius 2 is 1.93 bits per heavy atom. The van der Waals surface area contributed by atoms with Crippen LogP contribution in [0, 0.1) is 34.4 Å². The number of halogens is 1. The highest BCUT2D eigenvalue weighted by atomic mass is 19.1. The first-order chi connectivity index (χ1) is 14.6. The van der Waals surface area contributed by atoms with E-state index in [1.165, 1.54) is 12.5 Å². The van der Waals surface area contributed by atoms with Crippen LogP contribution in [0.5, 0.6) is 0 Å². The van der Waals surface area contributed by atoms with Gasteiger partial charge in [0.25, 0.3) is 0 Å². The molecule has 1 aliphatic carbocycles. The number of amides is 1. The highest BCUT2D eigenvalue weighted by molar-refractivity contribution is 5.82. The van der Waals surface area contributed by atoms with Crippen molar-refractivity contribution >= 4 is 5.91 Å². The number of rotatable bonds is 5. The molecule has 2 aromatic carbocycles. The van der Waals surface area contributed by atoms with E-state index >= 15 is 0 Å². The Morgan fingerprint density at radius 1 is 1.17 bits per heavy atom. The predicted octanol–water partition coefficient (Wildman–Crippen LogP) is 3.45. The van der Waals surface area contributed by atoms with Crippen molar-refractivity contribution in [2.24, 2.45) is 5.92 Å². The third-order valence-electron chi connectivity index (χ3n) is 6.23. The van der Waals surface area contributed by atoms with Crippen LogP contribution in [0.2, 0.25) is 0 Å². The smallest absolute Gasteiger partial charge is 0.238 e. The summed E-state index contributed by atoms with van der Waals surface area (Å²) in [5, 5.41) is 24.5. The van der Waals surface area contributed by atoms with E-state index in [9.17, 15) is 14.4 Å². The van der Waals surface area contributed by atoms with Gasteiger partial charge in [-0.25, -0.2) is 4.39 Å². The van der Waals surface area contributed by atoms with Crippen LogP contribution in [0.25, 0.3) is 11.1 Å². The zero-order valence-electron chi connectivity index (χ0n) is 16.6. The third-order valence-corrected chi connectivity index (χ3v) is 6.23. The normalized spacial score (nSPS) is 23.2. The highest BCUT2D eigenvalue weighted by Gasteiger charge is 2.40. The molecule has 0 bridgehead atoms. The van der Waals surface area contributed by atoms with Gasteiger partial charge in [-0.3, -0.25) is 4.79 Å². The summed E-state index contributed by atoms with van der Waals surface area (Å²) in [4.78, 5) is 12.6. The molecule has 4 atom stereocenters. The quantitative estimate of drug-likeness (QED) is 0.802. The summed E-state index contributed by atoms with van der Waals surface area (Å²) in [5.74, 6) is -0.0426. The molecule has 2 N–H and O–H groups in total. The molecule has 0 radical (unpaired) electrons.